The van der Waals surface area contributed by atoms with Gasteiger partial charge in [-0.1, -0.05) is 36.4 Å². The van der Waals surface area contributed by atoms with Crippen molar-refractivity contribution in [2.75, 3.05) is 7.11 Å². The van der Waals surface area contributed by atoms with Crippen molar-refractivity contribution in [2.45, 2.75) is 0 Å². The number of benzene rings is 2. The number of hydrogen-bond acceptors (Lipinski definition) is 2. The maximum Gasteiger partial charge on any atom is 0.338 e. The topological polar surface area (TPSA) is 26.3 Å². The van der Waals surface area contributed by atoms with E-state index in [-0.39, 0.29) is 11.1 Å². The molecular formula is C14H11FO2. The molecule has 0 heterocycles. The van der Waals surface area contributed by atoms with Crippen molar-refractivity contribution in [3.05, 3.63) is 59.9 Å². The fourth-order valence-corrected chi connectivity index (χ4v) is 1.70. The van der Waals surface area contributed by atoms with Gasteiger partial charge in [0.2, 0.25) is 0 Å². The van der Waals surface area contributed by atoms with E-state index < -0.39 is 11.8 Å². The second-order valence-electron chi connectivity index (χ2n) is 3.52. The van der Waals surface area contributed by atoms with E-state index in [0.29, 0.717) is 5.56 Å². The zero-order valence-electron chi connectivity index (χ0n) is 9.31. The predicted molar refractivity (Wildman–Crippen MR) is 63.2 cm³/mol. The number of methoxy groups -OCH3 is 1. The Morgan fingerprint density at radius 2 is 1.76 bits per heavy atom. The second-order valence-corrected chi connectivity index (χ2v) is 3.52. The average molecular weight is 230 g/mol. The largest absolute Gasteiger partial charge is 0.465 e. The molecule has 0 aliphatic rings. The lowest BCUT2D eigenvalue weighted by Gasteiger charge is -2.08. The van der Waals surface area contributed by atoms with Gasteiger partial charge in [0.1, 0.15) is 5.82 Å². The number of ether oxygens (including phenoxy) is 1. The van der Waals surface area contributed by atoms with Crippen molar-refractivity contribution in [2.24, 2.45) is 0 Å². The van der Waals surface area contributed by atoms with Crippen LogP contribution in [0, 0.1) is 5.82 Å². The summed E-state index contributed by atoms with van der Waals surface area (Å²) in [5, 5.41) is 0. The molecule has 2 aromatic carbocycles. The Kier molecular flexibility index (Phi) is 3.19. The molecule has 0 spiro atoms. The summed E-state index contributed by atoms with van der Waals surface area (Å²) in [6, 6.07) is 13.3. The van der Waals surface area contributed by atoms with Gasteiger partial charge in [-0.25, -0.2) is 9.18 Å². The Balaban J connectivity index is 2.64. The summed E-state index contributed by atoms with van der Waals surface area (Å²) in [4.78, 5) is 11.6. The highest BCUT2D eigenvalue weighted by Gasteiger charge is 2.16. The van der Waals surface area contributed by atoms with Gasteiger partial charge in [0.25, 0.3) is 0 Å². The molecule has 0 aliphatic heterocycles. The van der Waals surface area contributed by atoms with Crippen molar-refractivity contribution < 1.29 is 13.9 Å². The van der Waals surface area contributed by atoms with Crippen LogP contribution in [0.3, 0.4) is 0 Å². The molecule has 86 valence electrons. The Labute approximate surface area is 98.7 Å². The Bertz CT molecular complexity index is 535. The summed E-state index contributed by atoms with van der Waals surface area (Å²) in [6.07, 6.45) is 0. The molecule has 0 radical (unpaired) electrons. The van der Waals surface area contributed by atoms with Crippen LogP contribution < -0.4 is 0 Å². The fraction of sp³-hybridized carbons (Fsp3) is 0.0714. The van der Waals surface area contributed by atoms with Crippen molar-refractivity contribution in [1.82, 2.24) is 0 Å². The molecule has 0 unspecified atom stereocenters. The summed E-state index contributed by atoms with van der Waals surface area (Å²) < 4.78 is 18.5. The van der Waals surface area contributed by atoms with E-state index in [9.17, 15) is 9.18 Å². The lowest BCUT2D eigenvalue weighted by atomic mass is 9.99. The molecule has 0 bridgehead atoms. The van der Waals surface area contributed by atoms with Crippen molar-refractivity contribution in [3.8, 4) is 11.1 Å². The molecule has 2 rings (SSSR count). The third-order valence-corrected chi connectivity index (χ3v) is 2.48. The molecule has 0 N–H and O–H groups in total. The maximum atomic E-state index is 13.8. The number of esters is 1. The normalized spacial score (nSPS) is 10.0. The first-order valence-corrected chi connectivity index (χ1v) is 5.16. The molecule has 0 aromatic heterocycles. The van der Waals surface area contributed by atoms with Crippen LogP contribution >= 0.6 is 0 Å². The molecule has 2 aromatic rings. The van der Waals surface area contributed by atoms with Crippen LogP contribution in [0.1, 0.15) is 10.4 Å². The van der Waals surface area contributed by atoms with Crippen LogP contribution in [0.4, 0.5) is 4.39 Å². The molecule has 0 fully saturated rings. The fourth-order valence-electron chi connectivity index (χ4n) is 1.70. The van der Waals surface area contributed by atoms with Gasteiger partial charge in [0, 0.05) is 5.56 Å². The molecule has 0 amide bonds. The molecule has 0 saturated heterocycles. The van der Waals surface area contributed by atoms with E-state index >= 15 is 0 Å². The van der Waals surface area contributed by atoms with Crippen LogP contribution in [0.2, 0.25) is 0 Å². The van der Waals surface area contributed by atoms with Gasteiger partial charge in [-0.3, -0.25) is 0 Å². The van der Waals surface area contributed by atoms with E-state index in [0.717, 1.165) is 0 Å². The summed E-state index contributed by atoms with van der Waals surface area (Å²) in [5.74, 6) is -0.970. The Morgan fingerprint density at radius 1 is 1.06 bits per heavy atom. The van der Waals surface area contributed by atoms with E-state index in [1.165, 1.54) is 19.2 Å². The summed E-state index contributed by atoms with van der Waals surface area (Å²) >= 11 is 0. The monoisotopic (exact) mass is 230 g/mol. The zero-order valence-corrected chi connectivity index (χ0v) is 9.31. The summed E-state index contributed by atoms with van der Waals surface area (Å²) in [7, 11) is 1.28. The highest BCUT2D eigenvalue weighted by atomic mass is 19.1. The smallest absolute Gasteiger partial charge is 0.338 e. The van der Waals surface area contributed by atoms with Crippen LogP contribution in [-0.4, -0.2) is 13.1 Å². The first-order valence-electron chi connectivity index (χ1n) is 5.16. The number of carbonyl (C=O) groups is 1. The van der Waals surface area contributed by atoms with Gasteiger partial charge in [-0.15, -0.1) is 0 Å². The highest BCUT2D eigenvalue weighted by molar-refractivity contribution is 5.97. The third-order valence-electron chi connectivity index (χ3n) is 2.48. The van der Waals surface area contributed by atoms with E-state index in [2.05, 4.69) is 4.74 Å². The van der Waals surface area contributed by atoms with E-state index in [4.69, 9.17) is 0 Å². The van der Waals surface area contributed by atoms with Crippen LogP contribution in [0.15, 0.2) is 48.5 Å². The molecule has 0 saturated carbocycles. The first-order chi connectivity index (χ1) is 8.24. The van der Waals surface area contributed by atoms with E-state index in [1.54, 1.807) is 30.3 Å². The second kappa shape index (κ2) is 4.78. The Morgan fingerprint density at radius 3 is 2.41 bits per heavy atom. The van der Waals surface area contributed by atoms with Gasteiger partial charge >= 0.3 is 5.97 Å². The van der Waals surface area contributed by atoms with Crippen molar-refractivity contribution in [3.63, 3.8) is 0 Å². The molecule has 2 nitrogen and oxygen atoms in total. The number of hydrogen-bond donors (Lipinski definition) is 0. The third kappa shape index (κ3) is 2.18. The number of halogens is 1. The van der Waals surface area contributed by atoms with Gasteiger partial charge in [0.05, 0.1) is 12.7 Å². The van der Waals surface area contributed by atoms with Crippen molar-refractivity contribution in [1.29, 1.82) is 0 Å². The van der Waals surface area contributed by atoms with Crippen LogP contribution in [0.5, 0.6) is 0 Å². The first kappa shape index (κ1) is 11.3. The maximum absolute atomic E-state index is 13.8. The number of carbonyl (C=O) groups excluding carboxylic acids is 1. The quantitative estimate of drug-likeness (QED) is 0.740. The van der Waals surface area contributed by atoms with Crippen LogP contribution in [0.25, 0.3) is 11.1 Å². The zero-order chi connectivity index (χ0) is 12.3. The van der Waals surface area contributed by atoms with Gasteiger partial charge < -0.3 is 4.74 Å². The van der Waals surface area contributed by atoms with Gasteiger partial charge in [0.15, 0.2) is 0 Å². The minimum atomic E-state index is -0.539. The lowest BCUT2D eigenvalue weighted by molar-refractivity contribution is 0.0601. The molecule has 0 aliphatic carbocycles. The van der Waals surface area contributed by atoms with E-state index in [1.807, 2.05) is 6.07 Å². The molecule has 17 heavy (non-hydrogen) atoms. The minimum Gasteiger partial charge on any atom is -0.465 e. The molecule has 3 heteroatoms. The summed E-state index contributed by atoms with van der Waals surface area (Å²) in [5.41, 5.74) is 1.17. The molecule has 0 atom stereocenters. The van der Waals surface area contributed by atoms with Gasteiger partial charge in [-0.05, 0) is 17.7 Å². The SMILES string of the molecule is COC(=O)c1cccc(F)c1-c1ccccc1. The molecular weight excluding hydrogens is 219 g/mol. The van der Waals surface area contributed by atoms with Crippen LogP contribution in [-0.2, 0) is 4.74 Å². The van der Waals surface area contributed by atoms with Crippen molar-refractivity contribution >= 4 is 5.97 Å². The number of rotatable bonds is 2. The summed E-state index contributed by atoms with van der Waals surface area (Å²) in [6.45, 7) is 0. The minimum absolute atomic E-state index is 0.235. The standard InChI is InChI=1S/C14H11FO2/c1-17-14(16)11-8-5-9-12(15)13(11)10-6-3-2-4-7-10/h2-9H,1H3. The average Bonchev–Trinajstić information content (AvgIpc) is 2.38. The Hall–Kier alpha value is -2.16. The van der Waals surface area contributed by atoms with Gasteiger partial charge in [-0.2, -0.15) is 0 Å². The predicted octanol–water partition coefficient (Wildman–Crippen LogP) is 3.28. The lowest BCUT2D eigenvalue weighted by Crippen LogP contribution is -2.04. The highest BCUT2D eigenvalue weighted by Crippen LogP contribution is 2.27.